The fourth-order valence-corrected chi connectivity index (χ4v) is 2.99. The highest BCUT2D eigenvalue weighted by atomic mass is 16.6. The Balaban J connectivity index is 1.84. The van der Waals surface area contributed by atoms with Crippen LogP contribution in [-0.2, 0) is 20.9 Å². The third-order valence-electron chi connectivity index (χ3n) is 4.26. The van der Waals surface area contributed by atoms with Crippen LogP contribution in [0.5, 0.6) is 11.5 Å². The predicted octanol–water partition coefficient (Wildman–Crippen LogP) is 3.25. The predicted molar refractivity (Wildman–Crippen MR) is 107 cm³/mol. The molecule has 2 aromatic rings. The van der Waals surface area contributed by atoms with E-state index in [-0.39, 0.29) is 19.1 Å². The van der Waals surface area contributed by atoms with Gasteiger partial charge in [0.1, 0.15) is 11.5 Å². The van der Waals surface area contributed by atoms with Gasteiger partial charge in [-0.3, -0.25) is 4.79 Å². The zero-order valence-electron chi connectivity index (χ0n) is 17.0. The lowest BCUT2D eigenvalue weighted by Crippen LogP contribution is -2.36. The van der Waals surface area contributed by atoms with Crippen molar-refractivity contribution in [3.8, 4) is 11.5 Å². The maximum absolute atomic E-state index is 12.2. The summed E-state index contributed by atoms with van der Waals surface area (Å²) in [6, 6.07) is 11.4. The lowest BCUT2D eigenvalue weighted by Gasteiger charge is -2.16. The molecule has 28 heavy (non-hydrogen) atoms. The number of esters is 1. The number of carbonyl (C=O) groups excluding carboxylic acids is 2. The first kappa shape index (κ1) is 21.3. The van der Waals surface area contributed by atoms with Crippen LogP contribution in [0.15, 0.2) is 36.4 Å². The van der Waals surface area contributed by atoms with Gasteiger partial charge in [0.05, 0.1) is 7.11 Å². The maximum Gasteiger partial charge on any atom is 0.344 e. The summed E-state index contributed by atoms with van der Waals surface area (Å²) in [6.07, 6.45) is -0.925. The molecule has 0 unspecified atom stereocenters. The average molecular weight is 385 g/mol. The average Bonchev–Trinajstić information content (AvgIpc) is 2.65. The summed E-state index contributed by atoms with van der Waals surface area (Å²) in [5, 5.41) is 2.74. The number of carbonyl (C=O) groups is 2. The molecule has 2 rings (SSSR count). The van der Waals surface area contributed by atoms with E-state index in [1.54, 1.807) is 7.11 Å². The van der Waals surface area contributed by atoms with Crippen molar-refractivity contribution in [2.45, 2.75) is 40.3 Å². The molecule has 0 radical (unpaired) electrons. The third-order valence-corrected chi connectivity index (χ3v) is 4.26. The van der Waals surface area contributed by atoms with Crippen LogP contribution in [0.3, 0.4) is 0 Å². The second kappa shape index (κ2) is 9.78. The summed E-state index contributed by atoms with van der Waals surface area (Å²) in [5.74, 6) is 0.363. The third kappa shape index (κ3) is 5.74. The normalized spacial score (nSPS) is 11.5. The van der Waals surface area contributed by atoms with E-state index in [2.05, 4.69) is 5.32 Å². The first-order valence-corrected chi connectivity index (χ1v) is 9.11. The van der Waals surface area contributed by atoms with Crippen LogP contribution in [-0.4, -0.2) is 31.7 Å². The number of rotatable bonds is 8. The number of hydrogen-bond acceptors (Lipinski definition) is 5. The van der Waals surface area contributed by atoms with Crippen molar-refractivity contribution in [3.05, 3.63) is 58.7 Å². The summed E-state index contributed by atoms with van der Waals surface area (Å²) in [6.45, 7) is 7.41. The van der Waals surface area contributed by atoms with Crippen molar-refractivity contribution in [1.82, 2.24) is 5.32 Å². The van der Waals surface area contributed by atoms with Crippen LogP contribution in [0.1, 0.15) is 29.2 Å². The molecule has 6 heteroatoms. The van der Waals surface area contributed by atoms with E-state index >= 15 is 0 Å². The number of aryl methyl sites for hydroxylation is 3. The highest BCUT2D eigenvalue weighted by Crippen LogP contribution is 2.24. The van der Waals surface area contributed by atoms with Crippen molar-refractivity contribution in [3.63, 3.8) is 0 Å². The minimum Gasteiger partial charge on any atom is -0.496 e. The summed E-state index contributed by atoms with van der Waals surface area (Å²) in [7, 11) is 1.57. The molecule has 150 valence electrons. The van der Waals surface area contributed by atoms with Gasteiger partial charge in [-0.25, -0.2) is 4.79 Å². The molecular formula is C22H27NO5. The minimum atomic E-state index is -0.925. The summed E-state index contributed by atoms with van der Waals surface area (Å²) < 4.78 is 16.0. The van der Waals surface area contributed by atoms with Gasteiger partial charge in [-0.15, -0.1) is 0 Å². The van der Waals surface area contributed by atoms with Crippen LogP contribution < -0.4 is 14.8 Å². The number of methoxy groups -OCH3 is 1. The first-order chi connectivity index (χ1) is 13.3. The zero-order chi connectivity index (χ0) is 20.7. The fourth-order valence-electron chi connectivity index (χ4n) is 2.99. The molecule has 6 nitrogen and oxygen atoms in total. The van der Waals surface area contributed by atoms with E-state index in [1.807, 2.05) is 57.2 Å². The van der Waals surface area contributed by atoms with Gasteiger partial charge in [-0.1, -0.05) is 35.9 Å². The van der Waals surface area contributed by atoms with E-state index in [4.69, 9.17) is 14.2 Å². The van der Waals surface area contributed by atoms with Crippen LogP contribution in [0.4, 0.5) is 0 Å². The summed E-state index contributed by atoms with van der Waals surface area (Å²) in [4.78, 5) is 24.2. The van der Waals surface area contributed by atoms with Crippen molar-refractivity contribution >= 4 is 11.9 Å². The van der Waals surface area contributed by atoms with Gasteiger partial charge in [0.25, 0.3) is 5.91 Å². The van der Waals surface area contributed by atoms with E-state index in [0.717, 1.165) is 22.3 Å². The second-order valence-corrected chi connectivity index (χ2v) is 6.68. The molecule has 0 bridgehead atoms. The van der Waals surface area contributed by atoms with Crippen molar-refractivity contribution in [1.29, 1.82) is 0 Å². The Hall–Kier alpha value is -3.02. The Morgan fingerprint density at radius 2 is 1.71 bits per heavy atom. The van der Waals surface area contributed by atoms with Crippen molar-refractivity contribution in [2.24, 2.45) is 0 Å². The van der Waals surface area contributed by atoms with Crippen LogP contribution >= 0.6 is 0 Å². The van der Waals surface area contributed by atoms with Crippen molar-refractivity contribution < 1.29 is 23.8 Å². The molecule has 2 aromatic carbocycles. The molecule has 1 atom stereocenters. The molecule has 0 aliphatic heterocycles. The SMILES string of the molecule is COc1ccccc1CNC(=O)[C@H](C)OC(=O)COc1c(C)cc(C)cc1C. The summed E-state index contributed by atoms with van der Waals surface area (Å²) >= 11 is 0. The van der Waals surface area contributed by atoms with Gasteiger partial charge < -0.3 is 19.5 Å². The zero-order valence-corrected chi connectivity index (χ0v) is 17.0. The van der Waals surface area contributed by atoms with Gasteiger partial charge in [0.2, 0.25) is 0 Å². The molecule has 0 saturated heterocycles. The standard InChI is InChI=1S/C22H27NO5/c1-14-10-15(2)21(16(3)11-14)27-13-20(24)28-17(4)22(25)23-12-18-8-6-7-9-19(18)26-5/h6-11,17H,12-13H2,1-5H3,(H,23,25)/t17-/m0/s1. The minimum absolute atomic E-state index is 0.255. The van der Waals surface area contributed by atoms with Gasteiger partial charge in [-0.2, -0.15) is 0 Å². The summed E-state index contributed by atoms with van der Waals surface area (Å²) in [5.41, 5.74) is 3.87. The van der Waals surface area contributed by atoms with Crippen molar-refractivity contribution in [2.75, 3.05) is 13.7 Å². The first-order valence-electron chi connectivity index (χ1n) is 9.11. The van der Waals surface area contributed by atoms with Gasteiger partial charge in [0.15, 0.2) is 12.7 Å². The Kier molecular flexibility index (Phi) is 7.44. The van der Waals surface area contributed by atoms with E-state index in [9.17, 15) is 9.59 Å². The quantitative estimate of drug-likeness (QED) is 0.706. The molecule has 0 heterocycles. The molecular weight excluding hydrogens is 358 g/mol. The van der Waals surface area contributed by atoms with Gasteiger partial charge in [0, 0.05) is 12.1 Å². The maximum atomic E-state index is 12.2. The topological polar surface area (TPSA) is 73.9 Å². The number of para-hydroxylation sites is 1. The van der Waals surface area contributed by atoms with E-state index in [0.29, 0.717) is 11.5 Å². The van der Waals surface area contributed by atoms with Gasteiger partial charge >= 0.3 is 5.97 Å². The largest absolute Gasteiger partial charge is 0.496 e. The number of benzene rings is 2. The number of ether oxygens (including phenoxy) is 3. The molecule has 0 saturated carbocycles. The number of amides is 1. The lowest BCUT2D eigenvalue weighted by molar-refractivity contribution is -0.156. The number of nitrogens with one attached hydrogen (secondary N) is 1. The monoisotopic (exact) mass is 385 g/mol. The highest BCUT2D eigenvalue weighted by Gasteiger charge is 2.19. The molecule has 1 N–H and O–H groups in total. The fraction of sp³-hybridized carbons (Fsp3) is 0.364. The Bertz CT molecular complexity index is 824. The molecule has 1 amide bonds. The molecule has 0 aliphatic rings. The van der Waals surface area contributed by atoms with Crippen LogP contribution in [0, 0.1) is 20.8 Å². The second-order valence-electron chi connectivity index (χ2n) is 6.68. The molecule has 0 spiro atoms. The molecule has 0 aromatic heterocycles. The van der Waals surface area contributed by atoms with E-state index < -0.39 is 12.1 Å². The Labute approximate surface area is 165 Å². The molecule has 0 aliphatic carbocycles. The smallest absolute Gasteiger partial charge is 0.344 e. The van der Waals surface area contributed by atoms with Crippen LogP contribution in [0.25, 0.3) is 0 Å². The van der Waals surface area contributed by atoms with Crippen LogP contribution in [0.2, 0.25) is 0 Å². The highest BCUT2D eigenvalue weighted by molar-refractivity contribution is 5.83. The Morgan fingerprint density at radius 3 is 2.36 bits per heavy atom. The van der Waals surface area contributed by atoms with E-state index in [1.165, 1.54) is 6.92 Å². The Morgan fingerprint density at radius 1 is 1.07 bits per heavy atom. The number of hydrogen-bond donors (Lipinski definition) is 1. The lowest BCUT2D eigenvalue weighted by atomic mass is 10.1. The van der Waals surface area contributed by atoms with Gasteiger partial charge in [-0.05, 0) is 44.9 Å². The molecule has 0 fully saturated rings.